The molecule has 0 saturated heterocycles. The van der Waals surface area contributed by atoms with Gasteiger partial charge in [0.25, 0.3) is 0 Å². The lowest BCUT2D eigenvalue weighted by atomic mass is 9.93. The van der Waals surface area contributed by atoms with Crippen LogP contribution in [0.2, 0.25) is 0 Å². The van der Waals surface area contributed by atoms with Crippen molar-refractivity contribution in [3.63, 3.8) is 0 Å². The molecule has 1 heterocycles. The van der Waals surface area contributed by atoms with Gasteiger partial charge in [0.2, 0.25) is 0 Å². The Balaban J connectivity index is 1.89. The fourth-order valence-corrected chi connectivity index (χ4v) is 3.06. The first-order valence-electron chi connectivity index (χ1n) is 7.85. The molecule has 0 aliphatic carbocycles. The van der Waals surface area contributed by atoms with Crippen molar-refractivity contribution in [1.29, 1.82) is 0 Å². The van der Waals surface area contributed by atoms with Crippen LogP contribution in [0.3, 0.4) is 0 Å². The van der Waals surface area contributed by atoms with E-state index in [2.05, 4.69) is 67.4 Å². The minimum absolute atomic E-state index is 0.0991. The third kappa shape index (κ3) is 5.06. The van der Waals surface area contributed by atoms with Gasteiger partial charge in [-0.3, -0.25) is 4.99 Å². The van der Waals surface area contributed by atoms with Crippen molar-refractivity contribution in [1.82, 2.24) is 4.98 Å². The normalized spacial score (nSPS) is 12.5. The van der Waals surface area contributed by atoms with E-state index in [1.165, 1.54) is 11.1 Å². The molecule has 0 amide bonds. The van der Waals surface area contributed by atoms with Crippen LogP contribution in [0.1, 0.15) is 42.6 Å². The standard InChI is InChI=1S/C18H26N4S/c1-12-6-7-14(10-13(12)2)21-17(19)20-9-8-16-22-15(11-23-16)18(3,4)5/h6-7,10-11H,8-9H2,1-5H3,(H3,19,20,21). The second-order valence-electron chi connectivity index (χ2n) is 6.82. The Hall–Kier alpha value is -1.88. The molecule has 0 spiro atoms. The Kier molecular flexibility index (Phi) is 5.42. The Morgan fingerprint density at radius 3 is 2.61 bits per heavy atom. The number of hydrogen-bond donors (Lipinski definition) is 2. The van der Waals surface area contributed by atoms with Crippen molar-refractivity contribution in [2.75, 3.05) is 11.9 Å². The summed E-state index contributed by atoms with van der Waals surface area (Å²) in [5.41, 5.74) is 10.7. The van der Waals surface area contributed by atoms with Crippen LogP contribution < -0.4 is 11.1 Å². The summed E-state index contributed by atoms with van der Waals surface area (Å²) in [6, 6.07) is 6.17. The molecule has 0 fully saturated rings. The number of guanidine groups is 1. The second kappa shape index (κ2) is 7.13. The number of benzene rings is 1. The summed E-state index contributed by atoms with van der Waals surface area (Å²) in [7, 11) is 0. The molecule has 0 aliphatic heterocycles. The number of hydrogen-bond acceptors (Lipinski definition) is 3. The van der Waals surface area contributed by atoms with E-state index in [0.29, 0.717) is 12.5 Å². The molecule has 4 nitrogen and oxygen atoms in total. The van der Waals surface area contributed by atoms with Crippen molar-refractivity contribution in [3.8, 4) is 0 Å². The molecule has 23 heavy (non-hydrogen) atoms. The van der Waals surface area contributed by atoms with E-state index in [1.807, 2.05) is 6.07 Å². The summed E-state index contributed by atoms with van der Waals surface area (Å²) >= 11 is 1.69. The molecule has 3 N–H and O–H groups in total. The molecular weight excluding hydrogens is 304 g/mol. The maximum Gasteiger partial charge on any atom is 0.193 e. The van der Waals surface area contributed by atoms with Gasteiger partial charge in [0, 0.05) is 29.4 Å². The molecule has 5 heteroatoms. The number of anilines is 1. The average molecular weight is 331 g/mol. The highest BCUT2D eigenvalue weighted by molar-refractivity contribution is 7.09. The molecule has 0 atom stereocenters. The van der Waals surface area contributed by atoms with Crippen LogP contribution >= 0.6 is 11.3 Å². The quantitative estimate of drug-likeness (QED) is 0.657. The van der Waals surface area contributed by atoms with E-state index in [1.54, 1.807) is 11.3 Å². The topological polar surface area (TPSA) is 63.3 Å². The molecule has 2 rings (SSSR count). The minimum Gasteiger partial charge on any atom is -0.370 e. The highest BCUT2D eigenvalue weighted by Crippen LogP contribution is 2.24. The average Bonchev–Trinajstić information content (AvgIpc) is 2.92. The van der Waals surface area contributed by atoms with E-state index in [4.69, 9.17) is 5.73 Å². The highest BCUT2D eigenvalue weighted by Gasteiger charge is 2.17. The molecule has 1 aromatic carbocycles. The van der Waals surface area contributed by atoms with Crippen LogP contribution in [-0.2, 0) is 11.8 Å². The zero-order chi connectivity index (χ0) is 17.0. The lowest BCUT2D eigenvalue weighted by Gasteiger charge is -2.14. The maximum atomic E-state index is 5.95. The first-order chi connectivity index (χ1) is 10.8. The molecule has 0 saturated carbocycles. The van der Waals surface area contributed by atoms with Gasteiger partial charge in [-0.15, -0.1) is 11.3 Å². The first kappa shape index (κ1) is 17.5. The fraction of sp³-hybridized carbons (Fsp3) is 0.444. The van der Waals surface area contributed by atoms with E-state index >= 15 is 0 Å². The zero-order valence-corrected chi connectivity index (χ0v) is 15.4. The van der Waals surface area contributed by atoms with Gasteiger partial charge in [-0.2, -0.15) is 0 Å². The Morgan fingerprint density at radius 2 is 2.00 bits per heavy atom. The third-order valence-corrected chi connectivity index (χ3v) is 4.62. The number of thiazole rings is 1. The summed E-state index contributed by atoms with van der Waals surface area (Å²) in [5, 5.41) is 6.38. The number of nitrogens with one attached hydrogen (secondary N) is 1. The number of aliphatic imine (C=N–C) groups is 1. The molecule has 0 radical (unpaired) electrons. The number of aromatic nitrogens is 1. The Morgan fingerprint density at radius 1 is 1.26 bits per heavy atom. The van der Waals surface area contributed by atoms with E-state index in [-0.39, 0.29) is 5.41 Å². The van der Waals surface area contributed by atoms with Gasteiger partial charge in [-0.05, 0) is 37.1 Å². The van der Waals surface area contributed by atoms with Gasteiger partial charge < -0.3 is 11.1 Å². The maximum absolute atomic E-state index is 5.95. The summed E-state index contributed by atoms with van der Waals surface area (Å²) < 4.78 is 0. The van der Waals surface area contributed by atoms with Crippen LogP contribution in [-0.4, -0.2) is 17.5 Å². The monoisotopic (exact) mass is 330 g/mol. The predicted molar refractivity (Wildman–Crippen MR) is 101 cm³/mol. The summed E-state index contributed by atoms with van der Waals surface area (Å²) in [6.45, 7) is 11.3. The Labute approximate surface area is 142 Å². The lowest BCUT2D eigenvalue weighted by molar-refractivity contribution is 0.571. The number of nitrogens with two attached hydrogens (primary N) is 1. The van der Waals surface area contributed by atoms with Gasteiger partial charge in [0.05, 0.1) is 10.7 Å². The highest BCUT2D eigenvalue weighted by atomic mass is 32.1. The zero-order valence-electron chi connectivity index (χ0n) is 14.6. The predicted octanol–water partition coefficient (Wildman–Crippen LogP) is 4.03. The van der Waals surface area contributed by atoms with E-state index in [9.17, 15) is 0 Å². The Bertz CT molecular complexity index is 695. The third-order valence-electron chi connectivity index (χ3n) is 3.71. The lowest BCUT2D eigenvalue weighted by Crippen LogP contribution is -2.23. The smallest absolute Gasteiger partial charge is 0.193 e. The summed E-state index contributed by atoms with van der Waals surface area (Å²) in [6.07, 6.45) is 0.816. The van der Waals surface area contributed by atoms with Crippen molar-refractivity contribution in [2.24, 2.45) is 10.7 Å². The molecule has 0 bridgehead atoms. The molecule has 2 aromatic rings. The molecule has 0 aliphatic rings. The molecule has 0 unspecified atom stereocenters. The molecule has 124 valence electrons. The summed E-state index contributed by atoms with van der Waals surface area (Å²) in [5.74, 6) is 0.445. The van der Waals surface area contributed by atoms with Crippen molar-refractivity contribution < 1.29 is 0 Å². The van der Waals surface area contributed by atoms with Crippen molar-refractivity contribution in [2.45, 2.75) is 46.5 Å². The first-order valence-corrected chi connectivity index (χ1v) is 8.73. The second-order valence-corrected chi connectivity index (χ2v) is 7.76. The summed E-state index contributed by atoms with van der Waals surface area (Å²) in [4.78, 5) is 9.06. The van der Waals surface area contributed by atoms with Gasteiger partial charge in [0.15, 0.2) is 5.96 Å². The van der Waals surface area contributed by atoms with E-state index in [0.717, 1.165) is 22.8 Å². The van der Waals surface area contributed by atoms with E-state index < -0.39 is 0 Å². The number of rotatable bonds is 4. The SMILES string of the molecule is Cc1ccc(NC(N)=NCCc2nc(C(C)(C)C)cs2)cc1C. The van der Waals surface area contributed by atoms with Gasteiger partial charge in [-0.25, -0.2) is 4.98 Å². The van der Waals surface area contributed by atoms with Crippen LogP contribution in [0.25, 0.3) is 0 Å². The van der Waals surface area contributed by atoms with Gasteiger partial charge in [0.1, 0.15) is 0 Å². The van der Waals surface area contributed by atoms with Crippen molar-refractivity contribution >= 4 is 23.0 Å². The largest absolute Gasteiger partial charge is 0.370 e. The molecule has 1 aromatic heterocycles. The van der Waals surface area contributed by atoms with Crippen LogP contribution in [0.4, 0.5) is 5.69 Å². The van der Waals surface area contributed by atoms with Crippen molar-refractivity contribution in [3.05, 3.63) is 45.4 Å². The minimum atomic E-state index is 0.0991. The van der Waals surface area contributed by atoms with Crippen LogP contribution in [0.5, 0.6) is 0 Å². The van der Waals surface area contributed by atoms with Gasteiger partial charge >= 0.3 is 0 Å². The number of nitrogens with zero attached hydrogens (tertiary/aromatic N) is 2. The van der Waals surface area contributed by atoms with Crippen LogP contribution in [0, 0.1) is 13.8 Å². The molecular formula is C18H26N4S. The van der Waals surface area contributed by atoms with Gasteiger partial charge in [-0.1, -0.05) is 26.8 Å². The fourth-order valence-electron chi connectivity index (χ4n) is 2.05. The van der Waals surface area contributed by atoms with Crippen LogP contribution in [0.15, 0.2) is 28.6 Å². The number of aryl methyl sites for hydroxylation is 2.